The molecule has 5 heteroatoms. The van der Waals surface area contributed by atoms with Crippen LogP contribution < -0.4 is 11.1 Å². The number of nitrogens with one attached hydrogen (secondary N) is 1. The Labute approximate surface area is 99.8 Å². The molecule has 0 aliphatic heterocycles. The molecule has 0 bridgehead atoms. The molecule has 0 fully saturated rings. The molecule has 90 valence electrons. The summed E-state index contributed by atoms with van der Waals surface area (Å²) in [4.78, 5) is 11.3. The number of nitrogens with two attached hydrogens (primary N) is 1. The van der Waals surface area contributed by atoms with Crippen molar-refractivity contribution in [3.05, 3.63) is 17.0 Å². The maximum atomic E-state index is 11.3. The highest BCUT2D eigenvalue weighted by Gasteiger charge is 2.15. The van der Waals surface area contributed by atoms with Gasteiger partial charge in [0.15, 0.2) is 0 Å². The molecule has 0 saturated carbocycles. The van der Waals surface area contributed by atoms with Crippen LogP contribution in [0, 0.1) is 0 Å². The second-order valence-electron chi connectivity index (χ2n) is 4.49. The van der Waals surface area contributed by atoms with E-state index in [0.717, 1.165) is 17.0 Å². The molecular weight excluding hydrogens is 224 g/mol. The van der Waals surface area contributed by atoms with Crippen LogP contribution in [0.15, 0.2) is 11.4 Å². The van der Waals surface area contributed by atoms with Gasteiger partial charge in [-0.25, -0.2) is 4.79 Å². The lowest BCUT2D eigenvalue weighted by Gasteiger charge is -2.19. The van der Waals surface area contributed by atoms with E-state index in [1.165, 1.54) is 11.3 Å². The van der Waals surface area contributed by atoms with Gasteiger partial charge >= 0.3 is 6.09 Å². The molecule has 1 heterocycles. The number of hydrogen-bond donors (Lipinski definition) is 2. The molecule has 4 nitrogen and oxygen atoms in total. The highest BCUT2D eigenvalue weighted by atomic mass is 32.1. The van der Waals surface area contributed by atoms with Gasteiger partial charge < -0.3 is 15.8 Å². The van der Waals surface area contributed by atoms with E-state index in [1.807, 2.05) is 32.2 Å². The van der Waals surface area contributed by atoms with Crippen molar-refractivity contribution < 1.29 is 9.53 Å². The summed E-state index contributed by atoms with van der Waals surface area (Å²) in [6, 6.07) is 1.97. The fraction of sp³-hybridized carbons (Fsp3) is 0.545. The molecule has 0 saturated heterocycles. The Morgan fingerprint density at radius 2 is 2.25 bits per heavy atom. The van der Waals surface area contributed by atoms with Crippen molar-refractivity contribution in [3.63, 3.8) is 0 Å². The molecular formula is C11H18N2O2S. The van der Waals surface area contributed by atoms with Gasteiger partial charge in [-0.05, 0) is 44.2 Å². The minimum absolute atomic E-state index is 0.388. The van der Waals surface area contributed by atoms with Gasteiger partial charge in [0.1, 0.15) is 5.60 Å². The highest BCUT2D eigenvalue weighted by molar-refractivity contribution is 7.14. The Hall–Kier alpha value is -1.23. The molecule has 1 aromatic rings. The standard InChI is InChI=1S/C11H18N2O2S/c1-11(2,3)15-10(14)13-6-4-8-5-7-16-9(8)12/h5,7H,4,6,12H2,1-3H3,(H,13,14). The number of hydrogen-bond acceptors (Lipinski definition) is 4. The zero-order chi connectivity index (χ0) is 12.2. The highest BCUT2D eigenvalue weighted by Crippen LogP contribution is 2.18. The van der Waals surface area contributed by atoms with Gasteiger partial charge in [-0.3, -0.25) is 0 Å². The molecule has 0 atom stereocenters. The van der Waals surface area contributed by atoms with E-state index < -0.39 is 5.60 Å². The van der Waals surface area contributed by atoms with Crippen LogP contribution in [-0.2, 0) is 11.2 Å². The number of amides is 1. The van der Waals surface area contributed by atoms with Crippen LogP contribution in [0.4, 0.5) is 9.80 Å². The van der Waals surface area contributed by atoms with Gasteiger partial charge in [0.05, 0.1) is 5.00 Å². The number of rotatable bonds is 3. The molecule has 1 amide bonds. The van der Waals surface area contributed by atoms with Crippen LogP contribution in [0.1, 0.15) is 26.3 Å². The average molecular weight is 242 g/mol. The summed E-state index contributed by atoms with van der Waals surface area (Å²) in [5, 5.41) is 5.45. The van der Waals surface area contributed by atoms with Crippen molar-refractivity contribution in [2.75, 3.05) is 12.3 Å². The second kappa shape index (κ2) is 5.21. The molecule has 1 rings (SSSR count). The lowest BCUT2D eigenvalue weighted by atomic mass is 10.2. The maximum Gasteiger partial charge on any atom is 0.407 e. The Kier molecular flexibility index (Phi) is 4.18. The number of carbonyl (C=O) groups is 1. The fourth-order valence-corrected chi connectivity index (χ4v) is 1.87. The summed E-state index contributed by atoms with van der Waals surface area (Å²) >= 11 is 1.51. The van der Waals surface area contributed by atoms with Crippen LogP contribution in [0.25, 0.3) is 0 Å². The fourth-order valence-electron chi connectivity index (χ4n) is 1.17. The SMILES string of the molecule is CC(C)(C)OC(=O)NCCc1ccsc1N. The van der Waals surface area contributed by atoms with Crippen molar-refractivity contribution in [3.8, 4) is 0 Å². The van der Waals surface area contributed by atoms with E-state index in [1.54, 1.807) is 0 Å². The van der Waals surface area contributed by atoms with E-state index >= 15 is 0 Å². The maximum absolute atomic E-state index is 11.3. The topological polar surface area (TPSA) is 64.3 Å². The predicted octanol–water partition coefficient (Wildman–Crippen LogP) is 2.40. The van der Waals surface area contributed by atoms with Crippen LogP contribution >= 0.6 is 11.3 Å². The number of alkyl carbamates (subject to hydrolysis) is 1. The third kappa shape index (κ3) is 4.53. The summed E-state index contributed by atoms with van der Waals surface area (Å²) < 4.78 is 5.11. The monoisotopic (exact) mass is 242 g/mol. The number of nitrogen functional groups attached to an aromatic ring is 1. The van der Waals surface area contributed by atoms with Crippen LogP contribution in [-0.4, -0.2) is 18.2 Å². The zero-order valence-electron chi connectivity index (χ0n) is 9.87. The molecule has 3 N–H and O–H groups in total. The second-order valence-corrected chi connectivity index (χ2v) is 5.44. The first kappa shape index (κ1) is 12.8. The number of ether oxygens (including phenoxy) is 1. The minimum atomic E-state index is -0.453. The molecule has 0 radical (unpaired) electrons. The lowest BCUT2D eigenvalue weighted by molar-refractivity contribution is 0.0528. The van der Waals surface area contributed by atoms with E-state index in [-0.39, 0.29) is 6.09 Å². The van der Waals surface area contributed by atoms with Gasteiger partial charge in [0, 0.05) is 6.54 Å². The minimum Gasteiger partial charge on any atom is -0.444 e. The summed E-state index contributed by atoms with van der Waals surface area (Å²) in [6.07, 6.45) is 0.343. The Balaban J connectivity index is 2.26. The van der Waals surface area contributed by atoms with E-state index in [0.29, 0.717) is 6.54 Å². The third-order valence-electron chi connectivity index (χ3n) is 1.84. The van der Waals surface area contributed by atoms with Crippen molar-refractivity contribution in [1.82, 2.24) is 5.32 Å². The molecule has 16 heavy (non-hydrogen) atoms. The van der Waals surface area contributed by atoms with Crippen molar-refractivity contribution >= 4 is 22.4 Å². The first-order valence-electron chi connectivity index (χ1n) is 5.17. The zero-order valence-corrected chi connectivity index (χ0v) is 10.7. The lowest BCUT2D eigenvalue weighted by Crippen LogP contribution is -2.33. The quantitative estimate of drug-likeness (QED) is 0.855. The molecule has 0 aromatic carbocycles. The third-order valence-corrected chi connectivity index (χ3v) is 2.63. The van der Waals surface area contributed by atoms with Gasteiger partial charge in [0.2, 0.25) is 0 Å². The van der Waals surface area contributed by atoms with Gasteiger partial charge in [0.25, 0.3) is 0 Å². The summed E-state index contributed by atoms with van der Waals surface area (Å²) in [6.45, 7) is 6.05. The Morgan fingerprint density at radius 1 is 1.56 bits per heavy atom. The van der Waals surface area contributed by atoms with E-state index in [9.17, 15) is 4.79 Å². The summed E-state index contributed by atoms with van der Waals surface area (Å²) in [7, 11) is 0. The van der Waals surface area contributed by atoms with E-state index in [4.69, 9.17) is 10.5 Å². The summed E-state index contributed by atoms with van der Waals surface area (Å²) in [5.74, 6) is 0. The number of anilines is 1. The first-order valence-corrected chi connectivity index (χ1v) is 6.05. The van der Waals surface area contributed by atoms with Crippen LogP contribution in [0.3, 0.4) is 0 Å². The average Bonchev–Trinajstić information content (AvgIpc) is 2.48. The van der Waals surface area contributed by atoms with Crippen LogP contribution in [0.5, 0.6) is 0 Å². The van der Waals surface area contributed by atoms with E-state index in [2.05, 4.69) is 5.32 Å². The first-order chi connectivity index (χ1) is 7.38. The van der Waals surface area contributed by atoms with Gasteiger partial charge in [-0.15, -0.1) is 11.3 Å². The Bertz CT molecular complexity index is 355. The largest absolute Gasteiger partial charge is 0.444 e. The smallest absolute Gasteiger partial charge is 0.407 e. The Morgan fingerprint density at radius 3 is 2.75 bits per heavy atom. The molecule has 1 aromatic heterocycles. The van der Waals surface area contributed by atoms with Gasteiger partial charge in [-0.1, -0.05) is 0 Å². The van der Waals surface area contributed by atoms with Crippen molar-refractivity contribution in [1.29, 1.82) is 0 Å². The predicted molar refractivity (Wildman–Crippen MR) is 66.7 cm³/mol. The normalized spacial score (nSPS) is 11.2. The number of carbonyl (C=O) groups excluding carboxylic acids is 1. The molecule has 0 spiro atoms. The van der Waals surface area contributed by atoms with Gasteiger partial charge in [-0.2, -0.15) is 0 Å². The molecule has 0 aliphatic carbocycles. The summed E-state index contributed by atoms with van der Waals surface area (Å²) in [5.41, 5.74) is 6.35. The number of thiophene rings is 1. The molecule has 0 aliphatic rings. The van der Waals surface area contributed by atoms with Crippen molar-refractivity contribution in [2.45, 2.75) is 32.8 Å². The van der Waals surface area contributed by atoms with Crippen LogP contribution in [0.2, 0.25) is 0 Å². The van der Waals surface area contributed by atoms with Crippen molar-refractivity contribution in [2.24, 2.45) is 0 Å². The molecule has 0 unspecified atom stereocenters.